The first-order valence-corrected chi connectivity index (χ1v) is 9.45. The second-order valence-corrected chi connectivity index (χ2v) is 7.14. The van der Waals surface area contributed by atoms with Gasteiger partial charge in [0.2, 0.25) is 5.82 Å². The highest BCUT2D eigenvalue weighted by Crippen LogP contribution is 2.27. The zero-order valence-corrected chi connectivity index (χ0v) is 16.8. The lowest BCUT2D eigenvalue weighted by molar-refractivity contribution is 0.0943. The van der Waals surface area contributed by atoms with Gasteiger partial charge in [0, 0.05) is 21.6 Å². The van der Waals surface area contributed by atoms with E-state index in [1.807, 2.05) is 56.3 Å². The minimum atomic E-state index is -0.288. The maximum atomic E-state index is 12.4. The lowest BCUT2D eigenvalue weighted by Crippen LogP contribution is -2.25. The average Bonchev–Trinajstić information content (AvgIpc) is 3.08. The van der Waals surface area contributed by atoms with Gasteiger partial charge in [-0.1, -0.05) is 52.7 Å². The number of aromatic nitrogens is 3. The maximum absolute atomic E-state index is 12.4. The molecule has 1 heterocycles. The molecule has 0 radical (unpaired) electrons. The first-order valence-electron chi connectivity index (χ1n) is 8.28. The van der Waals surface area contributed by atoms with E-state index in [2.05, 4.69) is 31.3 Å². The number of benzene rings is 2. The molecule has 0 spiro atoms. The van der Waals surface area contributed by atoms with Crippen molar-refractivity contribution in [1.29, 1.82) is 0 Å². The Balaban J connectivity index is 2.14. The lowest BCUT2D eigenvalue weighted by atomic mass is 10.1. The van der Waals surface area contributed by atoms with Crippen LogP contribution in [0.4, 0.5) is 0 Å². The van der Waals surface area contributed by atoms with Crippen LogP contribution in [-0.4, -0.2) is 27.2 Å². The predicted octanol–water partition coefficient (Wildman–Crippen LogP) is 4.80. The van der Waals surface area contributed by atoms with Crippen LogP contribution in [0, 0.1) is 6.92 Å². The van der Waals surface area contributed by atoms with Crippen LogP contribution >= 0.6 is 27.5 Å². The summed E-state index contributed by atoms with van der Waals surface area (Å²) in [5, 5.41) is 7.91. The summed E-state index contributed by atoms with van der Waals surface area (Å²) in [5.74, 6) is 0.434. The third kappa shape index (κ3) is 3.81. The molecule has 0 saturated heterocycles. The van der Waals surface area contributed by atoms with E-state index >= 15 is 0 Å². The molecule has 0 aliphatic rings. The molecule has 0 saturated carbocycles. The zero-order valence-electron chi connectivity index (χ0n) is 14.5. The van der Waals surface area contributed by atoms with Crippen LogP contribution in [-0.2, 0) is 0 Å². The van der Waals surface area contributed by atoms with Crippen molar-refractivity contribution in [2.75, 3.05) is 6.54 Å². The van der Waals surface area contributed by atoms with Gasteiger partial charge in [-0.05, 0) is 43.2 Å². The molecule has 1 amide bonds. The third-order valence-corrected chi connectivity index (χ3v) is 4.85. The number of hydrogen-bond donors (Lipinski definition) is 1. The minimum absolute atomic E-state index is 0.135. The number of halogens is 2. The molecule has 26 heavy (non-hydrogen) atoms. The minimum Gasteiger partial charge on any atom is -0.349 e. The Morgan fingerprint density at radius 3 is 2.65 bits per heavy atom. The van der Waals surface area contributed by atoms with Crippen LogP contribution in [0.1, 0.15) is 29.5 Å². The highest BCUT2D eigenvalue weighted by molar-refractivity contribution is 9.10. The predicted molar refractivity (Wildman–Crippen MR) is 107 cm³/mol. The van der Waals surface area contributed by atoms with E-state index in [0.29, 0.717) is 17.4 Å². The standard InChI is InChI=1S/C19H18BrClN4O/c1-3-11-22-19(26)17-23-18(13-7-9-14(20)10-8-13)25(24-17)16-6-4-5-15(21)12(16)2/h4-10H,3,11H2,1-2H3,(H,22,26). The number of carbonyl (C=O) groups excluding carboxylic acids is 1. The van der Waals surface area contributed by atoms with Crippen LogP contribution in [0.2, 0.25) is 5.02 Å². The number of amides is 1. The Morgan fingerprint density at radius 1 is 1.23 bits per heavy atom. The molecule has 1 aromatic heterocycles. The molecule has 0 bridgehead atoms. The summed E-state index contributed by atoms with van der Waals surface area (Å²) in [7, 11) is 0. The van der Waals surface area contributed by atoms with Gasteiger partial charge in [-0.3, -0.25) is 4.79 Å². The Kier molecular flexibility index (Phi) is 5.74. The van der Waals surface area contributed by atoms with Crippen LogP contribution in [0.3, 0.4) is 0 Å². The van der Waals surface area contributed by atoms with E-state index in [0.717, 1.165) is 27.7 Å². The van der Waals surface area contributed by atoms with Crippen molar-refractivity contribution >= 4 is 33.4 Å². The number of rotatable bonds is 5. The van der Waals surface area contributed by atoms with Gasteiger partial charge >= 0.3 is 0 Å². The van der Waals surface area contributed by atoms with Gasteiger partial charge in [-0.2, -0.15) is 0 Å². The first-order chi connectivity index (χ1) is 12.5. The SMILES string of the molecule is CCCNC(=O)c1nc(-c2ccc(Br)cc2)n(-c2cccc(Cl)c2C)n1. The lowest BCUT2D eigenvalue weighted by Gasteiger charge is -2.10. The van der Waals surface area contributed by atoms with Gasteiger partial charge in [-0.25, -0.2) is 9.67 Å². The molecule has 0 aliphatic heterocycles. The molecule has 3 aromatic rings. The van der Waals surface area contributed by atoms with Gasteiger partial charge in [0.1, 0.15) is 0 Å². The van der Waals surface area contributed by atoms with E-state index in [9.17, 15) is 4.79 Å². The molecule has 5 nitrogen and oxygen atoms in total. The van der Waals surface area contributed by atoms with Crippen LogP contribution in [0.5, 0.6) is 0 Å². The monoisotopic (exact) mass is 432 g/mol. The van der Waals surface area contributed by atoms with Crippen LogP contribution in [0.15, 0.2) is 46.9 Å². The summed E-state index contributed by atoms with van der Waals surface area (Å²) in [5.41, 5.74) is 2.52. The van der Waals surface area contributed by atoms with Crippen molar-refractivity contribution in [2.45, 2.75) is 20.3 Å². The normalized spacial score (nSPS) is 10.8. The van der Waals surface area contributed by atoms with Crippen molar-refractivity contribution in [3.05, 3.63) is 63.3 Å². The second kappa shape index (κ2) is 8.01. The highest BCUT2D eigenvalue weighted by atomic mass is 79.9. The van der Waals surface area contributed by atoms with Gasteiger partial charge in [0.25, 0.3) is 5.91 Å². The second-order valence-electron chi connectivity index (χ2n) is 5.82. The molecular formula is C19H18BrClN4O. The number of nitrogens with zero attached hydrogens (tertiary/aromatic N) is 3. The number of hydrogen-bond acceptors (Lipinski definition) is 3. The quantitative estimate of drug-likeness (QED) is 0.629. The van der Waals surface area contributed by atoms with Crippen LogP contribution < -0.4 is 5.32 Å². The van der Waals surface area contributed by atoms with E-state index in [-0.39, 0.29) is 11.7 Å². The van der Waals surface area contributed by atoms with Gasteiger partial charge < -0.3 is 5.32 Å². The fourth-order valence-electron chi connectivity index (χ4n) is 2.51. The fraction of sp³-hybridized carbons (Fsp3) is 0.211. The summed E-state index contributed by atoms with van der Waals surface area (Å²) in [6.07, 6.45) is 0.847. The summed E-state index contributed by atoms with van der Waals surface area (Å²) in [6, 6.07) is 13.3. The van der Waals surface area contributed by atoms with Crippen molar-refractivity contribution in [3.63, 3.8) is 0 Å². The van der Waals surface area contributed by atoms with Crippen molar-refractivity contribution < 1.29 is 4.79 Å². The van der Waals surface area contributed by atoms with Crippen LogP contribution in [0.25, 0.3) is 17.1 Å². The number of nitrogens with one attached hydrogen (secondary N) is 1. The van der Waals surface area contributed by atoms with Crippen molar-refractivity contribution in [1.82, 2.24) is 20.1 Å². The van der Waals surface area contributed by atoms with Gasteiger partial charge in [0.05, 0.1) is 5.69 Å². The molecule has 1 N–H and O–H groups in total. The van der Waals surface area contributed by atoms with Crippen molar-refractivity contribution in [2.24, 2.45) is 0 Å². The molecule has 0 fully saturated rings. The van der Waals surface area contributed by atoms with E-state index in [1.54, 1.807) is 4.68 Å². The first kappa shape index (κ1) is 18.6. The Morgan fingerprint density at radius 2 is 1.96 bits per heavy atom. The van der Waals surface area contributed by atoms with Gasteiger partial charge in [0.15, 0.2) is 5.82 Å². The molecule has 3 rings (SSSR count). The highest BCUT2D eigenvalue weighted by Gasteiger charge is 2.19. The van der Waals surface area contributed by atoms with E-state index in [4.69, 9.17) is 11.6 Å². The molecular weight excluding hydrogens is 416 g/mol. The molecule has 0 unspecified atom stereocenters. The molecule has 0 aliphatic carbocycles. The van der Waals surface area contributed by atoms with E-state index < -0.39 is 0 Å². The summed E-state index contributed by atoms with van der Waals surface area (Å²) >= 11 is 9.71. The summed E-state index contributed by atoms with van der Waals surface area (Å²) in [6.45, 7) is 4.49. The van der Waals surface area contributed by atoms with Gasteiger partial charge in [-0.15, -0.1) is 5.10 Å². The average molecular weight is 434 g/mol. The van der Waals surface area contributed by atoms with E-state index in [1.165, 1.54) is 0 Å². The molecule has 134 valence electrons. The fourth-order valence-corrected chi connectivity index (χ4v) is 2.94. The Bertz CT molecular complexity index is 937. The number of carbonyl (C=O) groups is 1. The zero-order chi connectivity index (χ0) is 18.7. The smallest absolute Gasteiger partial charge is 0.290 e. The molecule has 0 atom stereocenters. The van der Waals surface area contributed by atoms with Crippen molar-refractivity contribution in [3.8, 4) is 17.1 Å². The summed E-state index contributed by atoms with van der Waals surface area (Å²) < 4.78 is 2.64. The largest absolute Gasteiger partial charge is 0.349 e. The molecule has 7 heteroatoms. The Hall–Kier alpha value is -2.18. The topological polar surface area (TPSA) is 59.8 Å². The summed E-state index contributed by atoms with van der Waals surface area (Å²) in [4.78, 5) is 16.8. The Labute approximate surface area is 165 Å². The molecule has 2 aromatic carbocycles. The maximum Gasteiger partial charge on any atom is 0.290 e. The third-order valence-electron chi connectivity index (χ3n) is 3.92.